The lowest BCUT2D eigenvalue weighted by molar-refractivity contribution is -0.202. The monoisotopic (exact) mass is 544 g/mol. The van der Waals surface area contributed by atoms with Crippen LogP contribution in [-0.2, 0) is 18.3 Å². The van der Waals surface area contributed by atoms with Crippen molar-refractivity contribution in [1.82, 2.24) is 9.80 Å². The number of rotatable bonds is 11. The zero-order valence-corrected chi connectivity index (χ0v) is 24.5. The van der Waals surface area contributed by atoms with Crippen LogP contribution in [0.15, 0.2) is 42.5 Å². The lowest BCUT2D eigenvalue weighted by Gasteiger charge is -2.65. The molecule has 2 aromatic carbocycles. The van der Waals surface area contributed by atoms with Crippen LogP contribution >= 0.6 is 0 Å². The summed E-state index contributed by atoms with van der Waals surface area (Å²) in [4.78, 5) is 5.31. The van der Waals surface area contributed by atoms with E-state index in [0.29, 0.717) is 11.8 Å². The molecule has 0 radical (unpaired) electrons. The van der Waals surface area contributed by atoms with E-state index in [1.807, 2.05) is 6.07 Å². The molecule has 0 aromatic heterocycles. The first kappa shape index (κ1) is 26.8. The predicted molar refractivity (Wildman–Crippen MR) is 159 cm³/mol. The van der Waals surface area contributed by atoms with Gasteiger partial charge < -0.3 is 14.9 Å². The lowest BCUT2D eigenvalue weighted by atomic mass is 9.48. The average molecular weight is 545 g/mol. The molecule has 2 aliphatic heterocycles. The van der Waals surface area contributed by atoms with E-state index < -0.39 is 11.0 Å². The molecule has 7 rings (SSSR count). The van der Waals surface area contributed by atoms with Gasteiger partial charge in [-0.1, -0.05) is 49.2 Å². The second-order valence-corrected chi connectivity index (χ2v) is 13.9. The Morgan fingerprint density at radius 1 is 1.00 bits per heavy atom. The second kappa shape index (κ2) is 10.3. The molecule has 5 aliphatic rings. The largest absolute Gasteiger partial charge is 0.504 e. The highest BCUT2D eigenvalue weighted by Crippen LogP contribution is 2.66. The fraction of sp³-hybridized carbons (Fsp3) is 0.657. The summed E-state index contributed by atoms with van der Waals surface area (Å²) in [5, 5.41) is 23.8. The number of phenolic OH excluding ortho intramolecular Hbond substituents is 1. The van der Waals surface area contributed by atoms with Crippen molar-refractivity contribution in [1.29, 1.82) is 0 Å². The topological polar surface area (TPSA) is 56.2 Å². The number of ether oxygens (including phenoxy) is 1. The fourth-order valence-electron chi connectivity index (χ4n) is 9.22. The van der Waals surface area contributed by atoms with E-state index in [1.165, 1.54) is 49.7 Å². The number of aromatic hydroxyl groups is 1. The molecule has 3 fully saturated rings. The molecule has 5 nitrogen and oxygen atoms in total. The van der Waals surface area contributed by atoms with Crippen molar-refractivity contribution >= 4 is 0 Å². The van der Waals surface area contributed by atoms with Crippen molar-refractivity contribution in [2.24, 2.45) is 5.92 Å². The molecular weight excluding hydrogens is 496 g/mol. The van der Waals surface area contributed by atoms with Gasteiger partial charge in [-0.3, -0.25) is 9.80 Å². The first-order valence-corrected chi connectivity index (χ1v) is 16.2. The zero-order valence-electron chi connectivity index (χ0n) is 24.5. The molecule has 2 saturated carbocycles. The lowest BCUT2D eigenvalue weighted by Crippen LogP contribution is -2.78. The van der Waals surface area contributed by atoms with Gasteiger partial charge in [0, 0.05) is 30.2 Å². The van der Waals surface area contributed by atoms with Crippen LogP contribution in [0.2, 0.25) is 0 Å². The summed E-state index contributed by atoms with van der Waals surface area (Å²) in [5.41, 5.74) is 2.66. The van der Waals surface area contributed by atoms with Gasteiger partial charge in [-0.25, -0.2) is 0 Å². The molecule has 0 amide bonds. The number of unbranched alkanes of at least 4 members (excludes halogenated alkanes) is 3. The molecule has 2 N–H and O–H groups in total. The molecule has 5 atom stereocenters. The Bertz CT molecular complexity index is 1210. The maximum absolute atomic E-state index is 12.8. The smallest absolute Gasteiger partial charge is 0.165 e. The van der Waals surface area contributed by atoms with E-state index in [-0.39, 0.29) is 23.9 Å². The van der Waals surface area contributed by atoms with E-state index in [9.17, 15) is 10.2 Å². The summed E-state index contributed by atoms with van der Waals surface area (Å²) in [5.74, 6) is 1.73. The maximum Gasteiger partial charge on any atom is 0.165 e. The first-order valence-electron chi connectivity index (χ1n) is 16.2. The number of piperidine rings is 1. The van der Waals surface area contributed by atoms with E-state index in [4.69, 9.17) is 4.74 Å². The van der Waals surface area contributed by atoms with Crippen LogP contribution in [0.5, 0.6) is 11.5 Å². The summed E-state index contributed by atoms with van der Waals surface area (Å²) in [7, 11) is 0. The summed E-state index contributed by atoms with van der Waals surface area (Å²) < 4.78 is 6.87. The molecule has 216 valence electrons. The Kier molecular flexibility index (Phi) is 6.92. The number of hydrogen-bond acceptors (Lipinski definition) is 5. The van der Waals surface area contributed by atoms with Crippen LogP contribution in [0, 0.1) is 5.92 Å². The third-order valence-electron chi connectivity index (χ3n) is 11.3. The van der Waals surface area contributed by atoms with Crippen molar-refractivity contribution in [2.45, 2.75) is 120 Å². The molecule has 3 aliphatic carbocycles. The van der Waals surface area contributed by atoms with Gasteiger partial charge >= 0.3 is 0 Å². The molecule has 2 bridgehead atoms. The molecular formula is C35H48N2O3. The van der Waals surface area contributed by atoms with Crippen molar-refractivity contribution in [3.05, 3.63) is 59.2 Å². The number of aliphatic hydroxyl groups is 1. The van der Waals surface area contributed by atoms with E-state index in [2.05, 4.69) is 60.0 Å². The third kappa shape index (κ3) is 4.22. The molecule has 1 spiro atoms. The van der Waals surface area contributed by atoms with Crippen LogP contribution in [0.25, 0.3) is 0 Å². The van der Waals surface area contributed by atoms with E-state index in [0.717, 1.165) is 63.2 Å². The van der Waals surface area contributed by atoms with Gasteiger partial charge in [0.1, 0.15) is 6.10 Å². The highest BCUT2D eigenvalue weighted by molar-refractivity contribution is 5.62. The van der Waals surface area contributed by atoms with Crippen LogP contribution in [0.4, 0.5) is 0 Å². The van der Waals surface area contributed by atoms with Crippen LogP contribution in [-0.4, -0.2) is 69.5 Å². The highest BCUT2D eigenvalue weighted by atomic mass is 16.5. The summed E-state index contributed by atoms with van der Waals surface area (Å²) in [6.07, 6.45) is 12.2. The molecule has 1 saturated heterocycles. The number of hydrogen-bond donors (Lipinski definition) is 2. The van der Waals surface area contributed by atoms with Crippen LogP contribution in [0.3, 0.4) is 0 Å². The molecule has 2 aromatic rings. The van der Waals surface area contributed by atoms with Crippen LogP contribution in [0.1, 0.15) is 88.3 Å². The number of aryl methyl sites for hydroxylation is 1. The Morgan fingerprint density at radius 3 is 2.58 bits per heavy atom. The molecule has 40 heavy (non-hydrogen) atoms. The average Bonchev–Trinajstić information content (AvgIpc) is 3.69. The molecule has 5 heteroatoms. The highest BCUT2D eigenvalue weighted by Gasteiger charge is 2.73. The van der Waals surface area contributed by atoms with E-state index >= 15 is 0 Å². The standard InChI is InChI=1S/C35H48N2O3/c1-24(2)37(20-9-4-3-6-10-25-11-7-5-8-12-25)28-17-18-35(39)30-22-27-15-16-29(38)32-31(27)34(35,33(28)40-32)19-21-36(30)23-26-13-14-26/h5,7-8,11-12,15-16,24,26,28,30,33,38-39H,3-4,6,9-10,13-14,17-23H2,1-2H3/t28-,30+,33-,34-,35+/m0/s1. The van der Waals surface area contributed by atoms with Crippen molar-refractivity contribution < 1.29 is 14.9 Å². The van der Waals surface area contributed by atoms with Crippen molar-refractivity contribution in [3.8, 4) is 11.5 Å². The van der Waals surface area contributed by atoms with Crippen molar-refractivity contribution in [2.75, 3.05) is 19.6 Å². The number of nitrogens with zero attached hydrogens (tertiary/aromatic N) is 2. The normalized spacial score (nSPS) is 32.4. The minimum atomic E-state index is -0.798. The Morgan fingerprint density at radius 2 is 1.80 bits per heavy atom. The Hall–Kier alpha value is -2.08. The van der Waals surface area contributed by atoms with Gasteiger partial charge in [-0.05, 0) is 108 Å². The third-order valence-corrected chi connectivity index (χ3v) is 11.3. The second-order valence-electron chi connectivity index (χ2n) is 13.9. The number of likely N-dealkylation sites (tertiary alicyclic amines) is 1. The van der Waals surface area contributed by atoms with Gasteiger partial charge in [0.25, 0.3) is 0 Å². The summed E-state index contributed by atoms with van der Waals surface area (Å²) in [6.45, 7) is 7.85. The minimum Gasteiger partial charge on any atom is -0.504 e. The zero-order chi connectivity index (χ0) is 27.5. The number of benzene rings is 2. The van der Waals surface area contributed by atoms with Gasteiger partial charge in [0.15, 0.2) is 11.5 Å². The molecule has 0 unspecified atom stereocenters. The van der Waals surface area contributed by atoms with Gasteiger partial charge in [-0.2, -0.15) is 0 Å². The van der Waals surface area contributed by atoms with Gasteiger partial charge in [0.05, 0.1) is 11.0 Å². The van der Waals surface area contributed by atoms with Gasteiger partial charge in [0.2, 0.25) is 0 Å². The fourth-order valence-corrected chi connectivity index (χ4v) is 9.22. The number of phenols is 1. The van der Waals surface area contributed by atoms with Crippen LogP contribution < -0.4 is 4.74 Å². The maximum atomic E-state index is 12.8. The summed E-state index contributed by atoms with van der Waals surface area (Å²) >= 11 is 0. The SMILES string of the molecule is CC(C)N(CCCCCCc1ccccc1)[C@H]1CC[C@@]2(O)[C@H]3Cc4ccc(O)c5c4[C@@]2(CCN3CC2CC2)[C@H]1O5. The Labute approximate surface area is 240 Å². The van der Waals surface area contributed by atoms with E-state index in [1.54, 1.807) is 0 Å². The minimum absolute atomic E-state index is 0.111. The summed E-state index contributed by atoms with van der Waals surface area (Å²) in [6, 6.07) is 15.6. The molecule has 2 heterocycles. The van der Waals surface area contributed by atoms with Crippen molar-refractivity contribution in [3.63, 3.8) is 0 Å². The van der Waals surface area contributed by atoms with Gasteiger partial charge in [-0.15, -0.1) is 0 Å². The predicted octanol–water partition coefficient (Wildman–Crippen LogP) is 5.84. The quantitative estimate of drug-likeness (QED) is 0.348. The Balaban J connectivity index is 1.11. The first-order chi connectivity index (χ1) is 19.4.